The molecule has 17 heavy (non-hydrogen) atoms. The monoisotopic (exact) mass is 241 g/mol. The molecule has 2 N–H and O–H groups in total. The van der Waals surface area contributed by atoms with Crippen LogP contribution < -0.4 is 5.32 Å². The van der Waals surface area contributed by atoms with E-state index in [0.717, 1.165) is 0 Å². The Balaban J connectivity index is 2.55. The van der Waals surface area contributed by atoms with E-state index in [4.69, 9.17) is 9.84 Å². The molecule has 0 heterocycles. The fraction of sp³-hybridized carbons (Fsp3) is 0.667. The molecule has 96 valence electrons. The summed E-state index contributed by atoms with van der Waals surface area (Å²) in [5.74, 6) is -1.11. The Morgan fingerprint density at radius 1 is 1.35 bits per heavy atom. The quantitative estimate of drug-likeness (QED) is 0.740. The van der Waals surface area contributed by atoms with Crippen molar-refractivity contribution in [1.82, 2.24) is 5.32 Å². The Kier molecular flexibility index (Phi) is 4.15. The van der Waals surface area contributed by atoms with Crippen LogP contribution in [0.2, 0.25) is 0 Å². The Hall–Kier alpha value is -1.52. The summed E-state index contributed by atoms with van der Waals surface area (Å²) in [5, 5.41) is 11.5. The second kappa shape index (κ2) is 5.21. The lowest BCUT2D eigenvalue weighted by molar-refractivity contribution is -0.140. The van der Waals surface area contributed by atoms with Gasteiger partial charge >= 0.3 is 12.1 Å². The van der Waals surface area contributed by atoms with Crippen molar-refractivity contribution in [1.29, 1.82) is 0 Å². The number of amides is 1. The minimum Gasteiger partial charge on any atom is -0.480 e. The van der Waals surface area contributed by atoms with Gasteiger partial charge in [0.25, 0.3) is 0 Å². The second-order valence-corrected chi connectivity index (χ2v) is 5.17. The summed E-state index contributed by atoms with van der Waals surface area (Å²) in [7, 11) is 0. The number of carboxylic acids is 1. The standard InChI is InChI=1S/C12H19NO4/c1-12(2,3)17-11(16)13-9(10(14)15)8-6-4-5-7-8/h4-5,8-9H,6-7H2,1-3H3,(H,13,16)(H,14,15). The van der Waals surface area contributed by atoms with E-state index in [9.17, 15) is 9.59 Å². The number of rotatable bonds is 3. The molecular weight excluding hydrogens is 222 g/mol. The number of alkyl carbamates (subject to hydrolysis) is 1. The molecule has 0 saturated carbocycles. The van der Waals surface area contributed by atoms with E-state index < -0.39 is 23.7 Å². The largest absolute Gasteiger partial charge is 0.480 e. The van der Waals surface area contributed by atoms with Crippen LogP contribution in [0.3, 0.4) is 0 Å². The molecule has 5 nitrogen and oxygen atoms in total. The maximum atomic E-state index is 11.5. The summed E-state index contributed by atoms with van der Waals surface area (Å²) in [6.45, 7) is 5.21. The summed E-state index contributed by atoms with van der Waals surface area (Å²) in [4.78, 5) is 22.6. The average molecular weight is 241 g/mol. The predicted molar refractivity (Wildman–Crippen MR) is 62.7 cm³/mol. The number of carboxylic acid groups (broad SMARTS) is 1. The molecule has 0 fully saturated rings. The minimum atomic E-state index is -1.02. The van der Waals surface area contributed by atoms with Crippen LogP contribution in [-0.2, 0) is 9.53 Å². The normalized spacial score (nSPS) is 17.8. The van der Waals surface area contributed by atoms with Crippen molar-refractivity contribution in [3.8, 4) is 0 Å². The summed E-state index contributed by atoms with van der Waals surface area (Å²) in [6, 6.07) is -0.889. The van der Waals surface area contributed by atoms with E-state index in [2.05, 4.69) is 5.32 Å². The number of carbonyl (C=O) groups is 2. The van der Waals surface area contributed by atoms with Gasteiger partial charge in [0.1, 0.15) is 11.6 Å². The lowest BCUT2D eigenvalue weighted by Crippen LogP contribution is -2.47. The topological polar surface area (TPSA) is 75.6 Å². The molecule has 0 aromatic carbocycles. The van der Waals surface area contributed by atoms with Crippen molar-refractivity contribution < 1.29 is 19.4 Å². The van der Waals surface area contributed by atoms with E-state index in [1.54, 1.807) is 20.8 Å². The number of carbonyl (C=O) groups excluding carboxylic acids is 1. The third-order valence-corrected chi connectivity index (χ3v) is 2.45. The zero-order valence-corrected chi connectivity index (χ0v) is 10.4. The van der Waals surface area contributed by atoms with Crippen LogP contribution in [0.5, 0.6) is 0 Å². The second-order valence-electron chi connectivity index (χ2n) is 5.17. The number of allylic oxidation sites excluding steroid dienone is 2. The SMILES string of the molecule is CC(C)(C)OC(=O)NC(C(=O)O)C1CC=CC1. The van der Waals surface area contributed by atoms with Gasteiger partial charge in [0.15, 0.2) is 0 Å². The van der Waals surface area contributed by atoms with Gasteiger partial charge in [-0.3, -0.25) is 0 Å². The number of hydrogen-bond donors (Lipinski definition) is 2. The molecule has 1 aliphatic rings. The third-order valence-electron chi connectivity index (χ3n) is 2.45. The fourth-order valence-corrected chi connectivity index (χ4v) is 1.73. The van der Waals surface area contributed by atoms with Crippen LogP contribution in [0.25, 0.3) is 0 Å². The van der Waals surface area contributed by atoms with Gasteiger partial charge in [0, 0.05) is 0 Å². The van der Waals surface area contributed by atoms with E-state index in [-0.39, 0.29) is 5.92 Å². The van der Waals surface area contributed by atoms with Gasteiger partial charge in [-0.25, -0.2) is 9.59 Å². The average Bonchev–Trinajstić information content (AvgIpc) is 2.63. The van der Waals surface area contributed by atoms with Crippen LogP contribution >= 0.6 is 0 Å². The van der Waals surface area contributed by atoms with Crippen LogP contribution in [0.4, 0.5) is 4.79 Å². The highest BCUT2D eigenvalue weighted by Gasteiger charge is 2.31. The number of nitrogens with one attached hydrogen (secondary N) is 1. The Morgan fingerprint density at radius 2 is 1.88 bits per heavy atom. The molecule has 0 radical (unpaired) electrons. The summed E-state index contributed by atoms with van der Waals surface area (Å²) in [5.41, 5.74) is -0.624. The predicted octanol–water partition coefficient (Wildman–Crippen LogP) is 1.93. The van der Waals surface area contributed by atoms with Gasteiger partial charge in [-0.05, 0) is 39.5 Å². The van der Waals surface area contributed by atoms with Crippen LogP contribution in [0, 0.1) is 5.92 Å². The molecule has 0 bridgehead atoms. The lowest BCUT2D eigenvalue weighted by atomic mass is 9.97. The molecule has 0 aromatic heterocycles. The molecule has 0 spiro atoms. The Morgan fingerprint density at radius 3 is 2.29 bits per heavy atom. The molecular formula is C12H19NO4. The van der Waals surface area contributed by atoms with Crippen LogP contribution in [-0.4, -0.2) is 28.8 Å². The van der Waals surface area contributed by atoms with Crippen LogP contribution in [0.15, 0.2) is 12.2 Å². The Labute approximate surface area is 101 Å². The molecule has 1 rings (SSSR count). The van der Waals surface area contributed by atoms with Gasteiger partial charge < -0.3 is 15.2 Å². The molecule has 5 heteroatoms. The number of hydrogen-bond acceptors (Lipinski definition) is 3. The van der Waals surface area contributed by atoms with Gasteiger partial charge in [-0.2, -0.15) is 0 Å². The van der Waals surface area contributed by atoms with Crippen molar-refractivity contribution in [2.45, 2.75) is 45.3 Å². The number of ether oxygens (including phenoxy) is 1. The molecule has 1 atom stereocenters. The maximum Gasteiger partial charge on any atom is 0.408 e. The van der Waals surface area contributed by atoms with E-state index >= 15 is 0 Å². The van der Waals surface area contributed by atoms with Gasteiger partial charge in [0.2, 0.25) is 0 Å². The summed E-state index contributed by atoms with van der Waals surface area (Å²) >= 11 is 0. The van der Waals surface area contributed by atoms with Gasteiger partial charge in [0.05, 0.1) is 0 Å². The molecule has 0 aliphatic heterocycles. The van der Waals surface area contributed by atoms with Gasteiger partial charge in [-0.15, -0.1) is 0 Å². The van der Waals surface area contributed by atoms with E-state index in [1.165, 1.54) is 0 Å². The van der Waals surface area contributed by atoms with Crippen molar-refractivity contribution >= 4 is 12.1 Å². The highest BCUT2D eigenvalue weighted by Crippen LogP contribution is 2.22. The van der Waals surface area contributed by atoms with Crippen molar-refractivity contribution in [2.24, 2.45) is 5.92 Å². The zero-order valence-electron chi connectivity index (χ0n) is 10.4. The molecule has 1 aliphatic carbocycles. The van der Waals surface area contributed by atoms with Crippen LogP contribution in [0.1, 0.15) is 33.6 Å². The molecule has 1 unspecified atom stereocenters. The van der Waals surface area contributed by atoms with Crippen molar-refractivity contribution in [3.05, 3.63) is 12.2 Å². The van der Waals surface area contributed by atoms with Gasteiger partial charge in [-0.1, -0.05) is 12.2 Å². The first kappa shape index (κ1) is 13.5. The zero-order chi connectivity index (χ0) is 13.1. The van der Waals surface area contributed by atoms with E-state index in [1.807, 2.05) is 12.2 Å². The fourth-order valence-electron chi connectivity index (χ4n) is 1.73. The summed E-state index contributed by atoms with van der Waals surface area (Å²) < 4.78 is 5.04. The molecule has 0 saturated heterocycles. The first-order valence-electron chi connectivity index (χ1n) is 5.67. The first-order valence-corrected chi connectivity index (χ1v) is 5.67. The molecule has 0 aromatic rings. The summed E-state index contributed by atoms with van der Waals surface area (Å²) in [6.07, 6.45) is 4.52. The Bertz CT molecular complexity index is 322. The highest BCUT2D eigenvalue weighted by atomic mass is 16.6. The van der Waals surface area contributed by atoms with Crippen molar-refractivity contribution in [2.75, 3.05) is 0 Å². The minimum absolute atomic E-state index is 0.0833. The first-order chi connectivity index (χ1) is 7.79. The number of aliphatic carboxylic acids is 1. The van der Waals surface area contributed by atoms with Crippen molar-refractivity contribution in [3.63, 3.8) is 0 Å². The molecule has 1 amide bonds. The maximum absolute atomic E-state index is 11.5. The smallest absolute Gasteiger partial charge is 0.408 e. The lowest BCUT2D eigenvalue weighted by Gasteiger charge is -2.24. The third kappa shape index (κ3) is 4.46. The highest BCUT2D eigenvalue weighted by molar-refractivity contribution is 5.80. The van der Waals surface area contributed by atoms with E-state index in [0.29, 0.717) is 12.8 Å².